The van der Waals surface area contributed by atoms with Crippen LogP contribution in [0.5, 0.6) is 0 Å². The van der Waals surface area contributed by atoms with Crippen molar-refractivity contribution in [1.82, 2.24) is 9.80 Å². The summed E-state index contributed by atoms with van der Waals surface area (Å²) in [5.41, 5.74) is 2.24. The van der Waals surface area contributed by atoms with Gasteiger partial charge in [-0.1, -0.05) is 24.3 Å². The molecule has 2 amide bonds. The number of hydrogen-bond donors (Lipinski definition) is 0. The van der Waals surface area contributed by atoms with E-state index in [2.05, 4.69) is 6.07 Å². The van der Waals surface area contributed by atoms with E-state index in [1.165, 1.54) is 5.56 Å². The topological polar surface area (TPSA) is 49.9 Å². The number of rotatable bonds is 2. The van der Waals surface area contributed by atoms with Gasteiger partial charge in [-0.3, -0.25) is 9.59 Å². The largest absolute Gasteiger partial charge is 0.363 e. The van der Waals surface area contributed by atoms with E-state index in [1.54, 1.807) is 0 Å². The van der Waals surface area contributed by atoms with Crippen LogP contribution in [0.4, 0.5) is 0 Å². The van der Waals surface area contributed by atoms with Crippen molar-refractivity contribution in [2.75, 3.05) is 26.2 Å². The zero-order valence-electron chi connectivity index (χ0n) is 13.9. The molecule has 0 aliphatic carbocycles. The zero-order valence-corrected chi connectivity index (χ0v) is 13.9. The summed E-state index contributed by atoms with van der Waals surface area (Å²) in [5, 5.41) is 0. The second-order valence-electron chi connectivity index (χ2n) is 6.95. The Labute approximate surface area is 142 Å². The lowest BCUT2D eigenvalue weighted by Crippen LogP contribution is -2.48. The maximum Gasteiger partial charge on any atom is 0.256 e. The number of piperidine rings is 1. The average molecular weight is 328 g/mol. The van der Waals surface area contributed by atoms with Crippen molar-refractivity contribution in [3.8, 4) is 0 Å². The van der Waals surface area contributed by atoms with Gasteiger partial charge in [0.15, 0.2) is 6.10 Å². The molecule has 1 unspecified atom stereocenters. The first-order valence-corrected chi connectivity index (χ1v) is 9.02. The number of carbonyl (C=O) groups is 2. The van der Waals surface area contributed by atoms with Crippen molar-refractivity contribution < 1.29 is 14.3 Å². The van der Waals surface area contributed by atoms with E-state index in [4.69, 9.17) is 4.74 Å². The molecule has 0 radical (unpaired) electrons. The molecule has 1 atom stereocenters. The van der Waals surface area contributed by atoms with Crippen molar-refractivity contribution >= 4 is 11.8 Å². The highest BCUT2D eigenvalue weighted by Gasteiger charge is 2.35. The van der Waals surface area contributed by atoms with Gasteiger partial charge in [0.25, 0.3) is 5.91 Å². The van der Waals surface area contributed by atoms with Crippen LogP contribution in [-0.2, 0) is 20.7 Å². The predicted molar refractivity (Wildman–Crippen MR) is 89.4 cm³/mol. The van der Waals surface area contributed by atoms with E-state index in [0.29, 0.717) is 19.1 Å². The maximum atomic E-state index is 12.9. The Bertz CT molecular complexity index is 637. The molecule has 3 aliphatic rings. The molecule has 2 saturated heterocycles. The number of hydrogen-bond acceptors (Lipinski definition) is 3. The van der Waals surface area contributed by atoms with Gasteiger partial charge in [-0.15, -0.1) is 0 Å². The summed E-state index contributed by atoms with van der Waals surface area (Å²) in [7, 11) is 0. The SMILES string of the molecule is O=C(C1OCCc2ccccc21)N1CCC(N2CCCC2=O)CC1. The molecule has 0 spiro atoms. The van der Waals surface area contributed by atoms with E-state index in [1.807, 2.05) is 28.0 Å². The van der Waals surface area contributed by atoms with Crippen LogP contribution < -0.4 is 0 Å². The summed E-state index contributed by atoms with van der Waals surface area (Å²) in [6.45, 7) is 2.92. The Hall–Kier alpha value is -1.88. The standard InChI is InChI=1S/C19H24N2O3/c22-17-6-3-10-21(17)15-7-11-20(12-8-15)19(23)18-16-5-2-1-4-14(16)9-13-24-18/h1-2,4-5,15,18H,3,6-13H2. The summed E-state index contributed by atoms with van der Waals surface area (Å²) in [5.74, 6) is 0.359. The quantitative estimate of drug-likeness (QED) is 0.833. The number of likely N-dealkylation sites (tertiary alicyclic amines) is 2. The van der Waals surface area contributed by atoms with Crippen molar-refractivity contribution in [3.63, 3.8) is 0 Å². The molecule has 3 aliphatic heterocycles. The number of amides is 2. The van der Waals surface area contributed by atoms with E-state index >= 15 is 0 Å². The van der Waals surface area contributed by atoms with Gasteiger partial charge in [0.05, 0.1) is 6.61 Å². The van der Waals surface area contributed by atoms with E-state index in [0.717, 1.165) is 50.9 Å². The summed E-state index contributed by atoms with van der Waals surface area (Å²) in [4.78, 5) is 28.8. The predicted octanol–water partition coefficient (Wildman–Crippen LogP) is 1.91. The van der Waals surface area contributed by atoms with Crippen LogP contribution in [0.2, 0.25) is 0 Å². The van der Waals surface area contributed by atoms with E-state index in [9.17, 15) is 9.59 Å². The van der Waals surface area contributed by atoms with Crippen LogP contribution in [0.15, 0.2) is 24.3 Å². The number of ether oxygens (including phenoxy) is 1. The van der Waals surface area contributed by atoms with Gasteiger partial charge in [0, 0.05) is 32.1 Å². The normalized spacial score (nSPS) is 25.0. The van der Waals surface area contributed by atoms with Gasteiger partial charge in [0.1, 0.15) is 0 Å². The summed E-state index contributed by atoms with van der Waals surface area (Å²) in [6, 6.07) is 8.39. The lowest BCUT2D eigenvalue weighted by molar-refractivity contribution is -0.147. The minimum Gasteiger partial charge on any atom is -0.363 e. The molecule has 1 aromatic rings. The van der Waals surface area contributed by atoms with Gasteiger partial charge in [-0.2, -0.15) is 0 Å². The molecular weight excluding hydrogens is 304 g/mol. The Morgan fingerprint density at radius 2 is 1.88 bits per heavy atom. The molecule has 128 valence electrons. The molecule has 0 saturated carbocycles. The highest BCUT2D eigenvalue weighted by molar-refractivity contribution is 5.83. The third-order valence-corrected chi connectivity index (χ3v) is 5.54. The van der Waals surface area contributed by atoms with Crippen molar-refractivity contribution in [2.24, 2.45) is 0 Å². The van der Waals surface area contributed by atoms with Gasteiger partial charge in [-0.05, 0) is 36.8 Å². The monoisotopic (exact) mass is 328 g/mol. The number of carbonyl (C=O) groups excluding carboxylic acids is 2. The second-order valence-corrected chi connectivity index (χ2v) is 6.95. The molecule has 0 bridgehead atoms. The van der Waals surface area contributed by atoms with Crippen LogP contribution >= 0.6 is 0 Å². The van der Waals surface area contributed by atoms with Gasteiger partial charge >= 0.3 is 0 Å². The third-order valence-electron chi connectivity index (χ3n) is 5.54. The van der Waals surface area contributed by atoms with Gasteiger partial charge < -0.3 is 14.5 Å². The Kier molecular flexibility index (Phi) is 4.27. The Balaban J connectivity index is 1.41. The zero-order chi connectivity index (χ0) is 16.5. The molecule has 0 N–H and O–H groups in total. The molecule has 3 heterocycles. The minimum absolute atomic E-state index is 0.0772. The number of fused-ring (bicyclic) bond motifs is 1. The smallest absolute Gasteiger partial charge is 0.256 e. The van der Waals surface area contributed by atoms with Crippen LogP contribution in [0.1, 0.15) is 42.9 Å². The minimum atomic E-state index is -0.458. The average Bonchev–Trinajstić information content (AvgIpc) is 3.07. The first kappa shape index (κ1) is 15.6. The molecule has 4 rings (SSSR count). The summed E-state index contributed by atoms with van der Waals surface area (Å²) in [6.07, 6.45) is 3.84. The lowest BCUT2D eigenvalue weighted by Gasteiger charge is -2.38. The third kappa shape index (κ3) is 2.81. The second kappa shape index (κ2) is 6.55. The molecule has 1 aromatic carbocycles. The Morgan fingerprint density at radius 1 is 1.08 bits per heavy atom. The fourth-order valence-corrected chi connectivity index (χ4v) is 4.22. The highest BCUT2D eigenvalue weighted by Crippen LogP contribution is 2.30. The van der Waals surface area contributed by atoms with Gasteiger partial charge in [-0.25, -0.2) is 0 Å². The van der Waals surface area contributed by atoms with E-state index in [-0.39, 0.29) is 11.8 Å². The van der Waals surface area contributed by atoms with Gasteiger partial charge in [0.2, 0.25) is 5.91 Å². The maximum absolute atomic E-state index is 12.9. The van der Waals surface area contributed by atoms with Crippen LogP contribution in [0.3, 0.4) is 0 Å². The fourth-order valence-electron chi connectivity index (χ4n) is 4.22. The summed E-state index contributed by atoms with van der Waals surface area (Å²) < 4.78 is 5.81. The highest BCUT2D eigenvalue weighted by atomic mass is 16.5. The molecule has 2 fully saturated rings. The molecule has 24 heavy (non-hydrogen) atoms. The van der Waals surface area contributed by atoms with Crippen LogP contribution in [0.25, 0.3) is 0 Å². The molecule has 0 aromatic heterocycles. The Morgan fingerprint density at radius 3 is 2.62 bits per heavy atom. The summed E-state index contributed by atoms with van der Waals surface area (Å²) >= 11 is 0. The lowest BCUT2D eigenvalue weighted by atomic mass is 9.95. The van der Waals surface area contributed by atoms with E-state index < -0.39 is 6.10 Å². The first-order valence-electron chi connectivity index (χ1n) is 9.02. The fraction of sp³-hybridized carbons (Fsp3) is 0.579. The van der Waals surface area contributed by atoms with Crippen LogP contribution in [0, 0.1) is 0 Å². The number of benzene rings is 1. The first-order chi connectivity index (χ1) is 11.7. The van der Waals surface area contributed by atoms with Crippen molar-refractivity contribution in [3.05, 3.63) is 35.4 Å². The van der Waals surface area contributed by atoms with Crippen molar-refractivity contribution in [1.29, 1.82) is 0 Å². The molecular formula is C19H24N2O3. The van der Waals surface area contributed by atoms with Crippen molar-refractivity contribution in [2.45, 2.75) is 44.2 Å². The molecule has 5 heteroatoms. The van der Waals surface area contributed by atoms with Crippen LogP contribution in [-0.4, -0.2) is 53.9 Å². The molecule has 5 nitrogen and oxygen atoms in total. The number of nitrogens with zero attached hydrogens (tertiary/aromatic N) is 2.